The summed E-state index contributed by atoms with van der Waals surface area (Å²) in [5.41, 5.74) is 1.38. The third-order valence-electron chi connectivity index (χ3n) is 3.07. The largest absolute Gasteiger partial charge is 0.379 e. The Hall–Kier alpha value is 0.1000. The molecule has 1 fully saturated rings. The van der Waals surface area contributed by atoms with E-state index in [1.54, 1.807) is 0 Å². The number of nitrogens with zero attached hydrogens (tertiary/aromatic N) is 1. The van der Waals surface area contributed by atoms with Crippen molar-refractivity contribution >= 4 is 31.9 Å². The SMILES string of the molecule is Brc1cccc(Br)c1CCCN1CCOCC1. The summed E-state index contributed by atoms with van der Waals surface area (Å²) < 4.78 is 7.75. The smallest absolute Gasteiger partial charge is 0.0594 e. The number of halogens is 2. The molecule has 4 heteroatoms. The summed E-state index contributed by atoms with van der Waals surface area (Å²) in [5.74, 6) is 0. The van der Waals surface area contributed by atoms with Crippen molar-refractivity contribution in [2.45, 2.75) is 12.8 Å². The Labute approximate surface area is 120 Å². The first-order valence-electron chi connectivity index (χ1n) is 6.00. The molecule has 0 bridgehead atoms. The van der Waals surface area contributed by atoms with Crippen molar-refractivity contribution in [3.63, 3.8) is 0 Å². The lowest BCUT2D eigenvalue weighted by molar-refractivity contribution is 0.0374. The minimum Gasteiger partial charge on any atom is -0.379 e. The Kier molecular flexibility index (Phi) is 5.48. The van der Waals surface area contributed by atoms with E-state index in [-0.39, 0.29) is 0 Å². The van der Waals surface area contributed by atoms with Crippen LogP contribution in [0.4, 0.5) is 0 Å². The van der Waals surface area contributed by atoms with Gasteiger partial charge in [0.25, 0.3) is 0 Å². The van der Waals surface area contributed by atoms with Crippen LogP contribution in [0.1, 0.15) is 12.0 Å². The first-order valence-corrected chi connectivity index (χ1v) is 7.59. The third kappa shape index (κ3) is 4.05. The molecule has 17 heavy (non-hydrogen) atoms. The van der Waals surface area contributed by atoms with Gasteiger partial charge in [-0.3, -0.25) is 4.90 Å². The van der Waals surface area contributed by atoms with Gasteiger partial charge < -0.3 is 4.74 Å². The summed E-state index contributed by atoms with van der Waals surface area (Å²) in [6.07, 6.45) is 2.31. The molecular weight excluding hydrogens is 346 g/mol. The zero-order chi connectivity index (χ0) is 12.1. The lowest BCUT2D eigenvalue weighted by Crippen LogP contribution is -2.36. The fourth-order valence-corrected chi connectivity index (χ4v) is 3.47. The molecule has 1 aromatic carbocycles. The van der Waals surface area contributed by atoms with Gasteiger partial charge in [0.2, 0.25) is 0 Å². The van der Waals surface area contributed by atoms with Gasteiger partial charge in [-0.2, -0.15) is 0 Å². The van der Waals surface area contributed by atoms with E-state index in [0.29, 0.717) is 0 Å². The second-order valence-corrected chi connectivity index (χ2v) is 5.97. The highest BCUT2D eigenvalue weighted by Crippen LogP contribution is 2.26. The van der Waals surface area contributed by atoms with E-state index in [9.17, 15) is 0 Å². The zero-order valence-corrected chi connectivity index (χ0v) is 13.0. The van der Waals surface area contributed by atoms with Crippen LogP contribution in [0.2, 0.25) is 0 Å². The number of morpholine rings is 1. The quantitative estimate of drug-likeness (QED) is 0.813. The number of rotatable bonds is 4. The van der Waals surface area contributed by atoms with Gasteiger partial charge in [-0.05, 0) is 37.1 Å². The van der Waals surface area contributed by atoms with E-state index in [2.05, 4.69) is 55.0 Å². The molecule has 1 aliphatic rings. The molecular formula is C13H17Br2NO. The van der Waals surface area contributed by atoms with Crippen molar-refractivity contribution in [2.75, 3.05) is 32.8 Å². The van der Waals surface area contributed by atoms with Gasteiger partial charge in [0, 0.05) is 22.0 Å². The van der Waals surface area contributed by atoms with Gasteiger partial charge in [-0.15, -0.1) is 0 Å². The molecule has 94 valence electrons. The van der Waals surface area contributed by atoms with E-state index < -0.39 is 0 Å². The second kappa shape index (κ2) is 6.88. The maximum Gasteiger partial charge on any atom is 0.0594 e. The van der Waals surface area contributed by atoms with Crippen LogP contribution in [0.25, 0.3) is 0 Å². The molecule has 0 atom stereocenters. The molecule has 2 nitrogen and oxygen atoms in total. The average molecular weight is 363 g/mol. The second-order valence-electron chi connectivity index (χ2n) is 4.26. The number of ether oxygens (including phenoxy) is 1. The molecule has 0 aromatic heterocycles. The number of benzene rings is 1. The zero-order valence-electron chi connectivity index (χ0n) is 9.79. The fraction of sp³-hybridized carbons (Fsp3) is 0.538. The van der Waals surface area contributed by atoms with Crippen LogP contribution in [-0.4, -0.2) is 37.7 Å². The molecule has 0 spiro atoms. The van der Waals surface area contributed by atoms with Gasteiger partial charge in [-0.1, -0.05) is 37.9 Å². The van der Waals surface area contributed by atoms with Crippen LogP contribution in [0.15, 0.2) is 27.1 Å². The molecule has 1 aliphatic heterocycles. The molecule has 0 saturated carbocycles. The Morgan fingerprint density at radius 3 is 2.41 bits per heavy atom. The van der Waals surface area contributed by atoms with E-state index in [0.717, 1.165) is 39.3 Å². The highest BCUT2D eigenvalue weighted by atomic mass is 79.9. The van der Waals surface area contributed by atoms with Gasteiger partial charge >= 0.3 is 0 Å². The maximum absolute atomic E-state index is 5.35. The van der Waals surface area contributed by atoms with Crippen LogP contribution in [-0.2, 0) is 11.2 Å². The first-order chi connectivity index (χ1) is 8.27. The molecule has 0 aliphatic carbocycles. The number of hydrogen-bond donors (Lipinski definition) is 0. The highest BCUT2D eigenvalue weighted by molar-refractivity contribution is 9.11. The topological polar surface area (TPSA) is 12.5 Å². The van der Waals surface area contributed by atoms with Gasteiger partial charge in [0.1, 0.15) is 0 Å². The Balaban J connectivity index is 1.81. The van der Waals surface area contributed by atoms with Crippen LogP contribution in [0.3, 0.4) is 0 Å². The van der Waals surface area contributed by atoms with Crippen LogP contribution in [0.5, 0.6) is 0 Å². The maximum atomic E-state index is 5.35. The number of hydrogen-bond acceptors (Lipinski definition) is 2. The summed E-state index contributed by atoms with van der Waals surface area (Å²) in [5, 5.41) is 0. The standard InChI is InChI=1S/C13H17Br2NO/c14-12-4-1-5-13(15)11(12)3-2-6-16-7-9-17-10-8-16/h1,4-5H,2-3,6-10H2. The average Bonchev–Trinajstić information content (AvgIpc) is 2.34. The molecule has 2 rings (SSSR count). The molecule has 0 unspecified atom stereocenters. The van der Waals surface area contributed by atoms with E-state index >= 15 is 0 Å². The summed E-state index contributed by atoms with van der Waals surface area (Å²) in [6, 6.07) is 6.27. The van der Waals surface area contributed by atoms with Crippen molar-refractivity contribution < 1.29 is 4.74 Å². The third-order valence-corrected chi connectivity index (χ3v) is 4.55. The van der Waals surface area contributed by atoms with E-state index in [1.165, 1.54) is 20.9 Å². The minimum absolute atomic E-state index is 0.888. The van der Waals surface area contributed by atoms with Gasteiger partial charge in [0.15, 0.2) is 0 Å². The summed E-state index contributed by atoms with van der Waals surface area (Å²) in [4.78, 5) is 2.48. The minimum atomic E-state index is 0.888. The summed E-state index contributed by atoms with van der Waals surface area (Å²) in [6.45, 7) is 5.10. The monoisotopic (exact) mass is 361 g/mol. The predicted molar refractivity (Wildman–Crippen MR) is 77.4 cm³/mol. The van der Waals surface area contributed by atoms with Crippen LogP contribution >= 0.6 is 31.9 Å². The first kappa shape index (κ1) is 13.5. The van der Waals surface area contributed by atoms with E-state index in [1.807, 2.05) is 0 Å². The highest BCUT2D eigenvalue weighted by Gasteiger charge is 2.10. The molecule has 1 saturated heterocycles. The van der Waals surface area contributed by atoms with Crippen LogP contribution in [0, 0.1) is 0 Å². The fourth-order valence-electron chi connectivity index (χ4n) is 2.08. The Bertz CT molecular complexity index is 344. The van der Waals surface area contributed by atoms with Crippen molar-refractivity contribution in [1.82, 2.24) is 4.90 Å². The predicted octanol–water partition coefficient (Wildman–Crippen LogP) is 3.48. The van der Waals surface area contributed by atoms with Crippen molar-refractivity contribution in [2.24, 2.45) is 0 Å². The Morgan fingerprint density at radius 1 is 1.12 bits per heavy atom. The lowest BCUT2D eigenvalue weighted by Gasteiger charge is -2.26. The Morgan fingerprint density at radius 2 is 1.76 bits per heavy atom. The van der Waals surface area contributed by atoms with Crippen molar-refractivity contribution in [3.8, 4) is 0 Å². The normalized spacial score (nSPS) is 17.3. The van der Waals surface area contributed by atoms with Gasteiger partial charge in [-0.25, -0.2) is 0 Å². The molecule has 0 radical (unpaired) electrons. The summed E-state index contributed by atoms with van der Waals surface area (Å²) in [7, 11) is 0. The van der Waals surface area contributed by atoms with Gasteiger partial charge in [0.05, 0.1) is 13.2 Å². The summed E-state index contributed by atoms with van der Waals surface area (Å²) >= 11 is 7.22. The van der Waals surface area contributed by atoms with Crippen LogP contribution < -0.4 is 0 Å². The van der Waals surface area contributed by atoms with E-state index in [4.69, 9.17) is 4.74 Å². The molecule has 0 amide bonds. The molecule has 1 heterocycles. The van der Waals surface area contributed by atoms with Crippen molar-refractivity contribution in [3.05, 3.63) is 32.7 Å². The molecule has 0 N–H and O–H groups in total. The van der Waals surface area contributed by atoms with Crippen molar-refractivity contribution in [1.29, 1.82) is 0 Å². The molecule has 1 aromatic rings. The lowest BCUT2D eigenvalue weighted by atomic mass is 10.1.